The Balaban J connectivity index is 1.37. The molecule has 1 fully saturated rings. The molecule has 1 aromatic carbocycles. The first kappa shape index (κ1) is 16.5. The molecule has 3 aromatic rings. The minimum absolute atomic E-state index is 0.562. The van der Waals surface area contributed by atoms with Gasteiger partial charge in [0.2, 0.25) is 0 Å². The van der Waals surface area contributed by atoms with E-state index in [-0.39, 0.29) is 0 Å². The molecule has 1 aliphatic heterocycles. The van der Waals surface area contributed by atoms with Gasteiger partial charge in [0.25, 0.3) is 0 Å². The molecule has 0 spiro atoms. The summed E-state index contributed by atoms with van der Waals surface area (Å²) in [6.45, 7) is 3.90. The van der Waals surface area contributed by atoms with E-state index in [1.807, 2.05) is 12.3 Å². The van der Waals surface area contributed by atoms with E-state index < -0.39 is 0 Å². The Bertz CT molecular complexity index is 941. The summed E-state index contributed by atoms with van der Waals surface area (Å²) in [4.78, 5) is 11.3. The van der Waals surface area contributed by atoms with Crippen LogP contribution in [0.2, 0.25) is 0 Å². The van der Waals surface area contributed by atoms with Gasteiger partial charge >= 0.3 is 0 Å². The van der Waals surface area contributed by atoms with Crippen molar-refractivity contribution in [3.63, 3.8) is 0 Å². The lowest BCUT2D eigenvalue weighted by Crippen LogP contribution is -2.23. The number of aromatic nitrogens is 2. The number of nitrogens with one attached hydrogen (secondary N) is 1. The van der Waals surface area contributed by atoms with Crippen molar-refractivity contribution in [1.82, 2.24) is 14.9 Å². The van der Waals surface area contributed by atoms with Gasteiger partial charge in [-0.2, -0.15) is 5.26 Å². The van der Waals surface area contributed by atoms with Crippen molar-refractivity contribution < 1.29 is 0 Å². The predicted octanol–water partition coefficient (Wildman–Crippen LogP) is 3.44. The van der Waals surface area contributed by atoms with Gasteiger partial charge in [0.05, 0.1) is 11.1 Å². The third-order valence-electron chi connectivity index (χ3n) is 4.97. The highest BCUT2D eigenvalue weighted by Crippen LogP contribution is 2.23. The highest BCUT2D eigenvalue weighted by Gasteiger charge is 2.23. The molecule has 0 bridgehead atoms. The molecule has 5 nitrogen and oxygen atoms in total. The topological polar surface area (TPSA) is 64.8 Å². The lowest BCUT2D eigenvalue weighted by Gasteiger charge is -2.17. The summed E-state index contributed by atoms with van der Waals surface area (Å²) in [5, 5.41) is 13.7. The maximum atomic E-state index is 9.16. The smallest absolute Gasteiger partial charge is 0.143 e. The molecule has 0 saturated carbocycles. The Labute approximate surface area is 153 Å². The van der Waals surface area contributed by atoms with Crippen molar-refractivity contribution in [3.05, 3.63) is 66.0 Å². The van der Waals surface area contributed by atoms with Crippen molar-refractivity contribution in [2.75, 3.05) is 25.0 Å². The van der Waals surface area contributed by atoms with Crippen LogP contribution in [0, 0.1) is 17.2 Å². The molecule has 1 N–H and O–H groups in total. The first-order valence-corrected chi connectivity index (χ1v) is 8.97. The number of para-hydroxylation sites is 1. The summed E-state index contributed by atoms with van der Waals surface area (Å²) in [5.74, 6) is 1.25. The van der Waals surface area contributed by atoms with E-state index in [0.29, 0.717) is 17.3 Å². The standard InChI is InChI=1S/C21H21N5/c22-12-18-7-3-10-24-21(18)25-13-16-8-11-26(14-16)15-19-5-1-4-17-6-2-9-23-20(17)19/h1-7,9-10,16H,8,11,13-15H2,(H,24,25). The van der Waals surface area contributed by atoms with E-state index in [4.69, 9.17) is 5.26 Å². The van der Waals surface area contributed by atoms with Gasteiger partial charge in [0.15, 0.2) is 0 Å². The van der Waals surface area contributed by atoms with Crippen LogP contribution in [0.15, 0.2) is 54.9 Å². The molecule has 1 atom stereocenters. The molecule has 0 amide bonds. The number of benzene rings is 1. The lowest BCUT2D eigenvalue weighted by molar-refractivity contribution is 0.320. The first-order chi connectivity index (χ1) is 12.8. The van der Waals surface area contributed by atoms with Crippen LogP contribution < -0.4 is 5.32 Å². The lowest BCUT2D eigenvalue weighted by atomic mass is 10.1. The molecule has 1 aliphatic rings. The predicted molar refractivity (Wildman–Crippen MR) is 103 cm³/mol. The maximum Gasteiger partial charge on any atom is 0.143 e. The zero-order valence-electron chi connectivity index (χ0n) is 14.6. The summed E-state index contributed by atoms with van der Waals surface area (Å²) in [5.41, 5.74) is 2.99. The Morgan fingerprint density at radius 2 is 1.96 bits per heavy atom. The maximum absolute atomic E-state index is 9.16. The fourth-order valence-corrected chi connectivity index (χ4v) is 3.64. The second kappa shape index (κ2) is 7.51. The van der Waals surface area contributed by atoms with Crippen molar-refractivity contribution in [2.45, 2.75) is 13.0 Å². The molecular weight excluding hydrogens is 322 g/mol. The minimum Gasteiger partial charge on any atom is -0.369 e. The van der Waals surface area contributed by atoms with Gasteiger partial charge in [-0.15, -0.1) is 0 Å². The SMILES string of the molecule is N#Cc1cccnc1NCC1CCN(Cc2cccc3cccnc23)C1. The molecule has 1 unspecified atom stereocenters. The van der Waals surface area contributed by atoms with Crippen LogP contribution >= 0.6 is 0 Å². The van der Waals surface area contributed by atoms with E-state index in [2.05, 4.69) is 50.5 Å². The molecule has 5 heteroatoms. The third kappa shape index (κ3) is 3.51. The van der Waals surface area contributed by atoms with E-state index >= 15 is 0 Å². The number of fused-ring (bicyclic) bond motifs is 1. The highest BCUT2D eigenvalue weighted by atomic mass is 15.2. The molecule has 3 heterocycles. The minimum atomic E-state index is 0.562. The van der Waals surface area contributed by atoms with E-state index in [1.54, 1.807) is 18.3 Å². The van der Waals surface area contributed by atoms with Crippen LogP contribution in [-0.2, 0) is 6.54 Å². The molecule has 1 saturated heterocycles. The van der Waals surface area contributed by atoms with Crippen LogP contribution in [0.3, 0.4) is 0 Å². The molecule has 0 radical (unpaired) electrons. The summed E-state index contributed by atoms with van der Waals surface area (Å²) >= 11 is 0. The number of nitriles is 1. The third-order valence-corrected chi connectivity index (χ3v) is 4.97. The number of hydrogen-bond donors (Lipinski definition) is 1. The summed E-state index contributed by atoms with van der Waals surface area (Å²) in [7, 11) is 0. The molecule has 0 aliphatic carbocycles. The van der Waals surface area contributed by atoms with Gasteiger partial charge in [0, 0.05) is 37.4 Å². The normalized spacial score (nSPS) is 17.3. The van der Waals surface area contributed by atoms with Gasteiger partial charge in [-0.25, -0.2) is 4.98 Å². The Morgan fingerprint density at radius 3 is 2.88 bits per heavy atom. The summed E-state index contributed by atoms with van der Waals surface area (Å²) < 4.78 is 0. The van der Waals surface area contributed by atoms with Gasteiger partial charge in [-0.1, -0.05) is 24.3 Å². The largest absolute Gasteiger partial charge is 0.369 e. The molecule has 26 heavy (non-hydrogen) atoms. The average Bonchev–Trinajstić information content (AvgIpc) is 3.14. The van der Waals surface area contributed by atoms with Crippen LogP contribution in [0.25, 0.3) is 10.9 Å². The summed E-state index contributed by atoms with van der Waals surface area (Å²) in [6.07, 6.45) is 4.74. The van der Waals surface area contributed by atoms with Crippen molar-refractivity contribution in [2.24, 2.45) is 5.92 Å². The van der Waals surface area contributed by atoms with Crippen LogP contribution in [0.1, 0.15) is 17.5 Å². The monoisotopic (exact) mass is 343 g/mol. The fraction of sp³-hybridized carbons (Fsp3) is 0.286. The number of anilines is 1. The van der Waals surface area contributed by atoms with Crippen molar-refractivity contribution in [1.29, 1.82) is 5.26 Å². The van der Waals surface area contributed by atoms with Crippen LogP contribution in [0.5, 0.6) is 0 Å². The number of pyridine rings is 2. The Morgan fingerprint density at radius 1 is 1.12 bits per heavy atom. The van der Waals surface area contributed by atoms with Crippen LogP contribution in [-0.4, -0.2) is 34.5 Å². The van der Waals surface area contributed by atoms with Gasteiger partial charge in [0.1, 0.15) is 11.9 Å². The molecule has 4 rings (SSSR count). The quantitative estimate of drug-likeness (QED) is 0.769. The Kier molecular flexibility index (Phi) is 4.76. The van der Waals surface area contributed by atoms with E-state index in [9.17, 15) is 0 Å². The van der Waals surface area contributed by atoms with Crippen LogP contribution in [0.4, 0.5) is 5.82 Å². The van der Waals surface area contributed by atoms with E-state index in [1.165, 1.54) is 10.9 Å². The fourth-order valence-electron chi connectivity index (χ4n) is 3.64. The van der Waals surface area contributed by atoms with Gasteiger partial charge in [-0.05, 0) is 42.6 Å². The number of rotatable bonds is 5. The molecule has 130 valence electrons. The first-order valence-electron chi connectivity index (χ1n) is 8.97. The van der Waals surface area contributed by atoms with E-state index in [0.717, 1.165) is 38.1 Å². The number of likely N-dealkylation sites (tertiary alicyclic amines) is 1. The van der Waals surface area contributed by atoms with Crippen molar-refractivity contribution in [3.8, 4) is 6.07 Å². The van der Waals surface area contributed by atoms with Gasteiger partial charge < -0.3 is 5.32 Å². The second-order valence-electron chi connectivity index (χ2n) is 6.77. The highest BCUT2D eigenvalue weighted by molar-refractivity contribution is 5.81. The second-order valence-corrected chi connectivity index (χ2v) is 6.77. The zero-order valence-corrected chi connectivity index (χ0v) is 14.6. The Hall–Kier alpha value is -2.97. The molecule has 2 aromatic heterocycles. The summed E-state index contributed by atoms with van der Waals surface area (Å²) in [6, 6.07) is 16.3. The average molecular weight is 343 g/mol. The molecular formula is C21H21N5. The van der Waals surface area contributed by atoms with Crippen molar-refractivity contribution >= 4 is 16.7 Å². The number of nitrogens with zero attached hydrogens (tertiary/aromatic N) is 4. The zero-order chi connectivity index (χ0) is 17.8. The number of hydrogen-bond acceptors (Lipinski definition) is 5. The van der Waals surface area contributed by atoms with Gasteiger partial charge in [-0.3, -0.25) is 9.88 Å².